The van der Waals surface area contributed by atoms with Crippen LogP contribution in [0.25, 0.3) is 10.8 Å². The highest BCUT2D eigenvalue weighted by molar-refractivity contribution is 7.93. The Hall–Kier alpha value is -2.80. The molecule has 1 N–H and O–H groups in total. The third-order valence-electron chi connectivity index (χ3n) is 4.37. The van der Waals surface area contributed by atoms with Gasteiger partial charge in [0.25, 0.3) is 10.0 Å². The summed E-state index contributed by atoms with van der Waals surface area (Å²) in [6, 6.07) is 14.3. The second-order valence-electron chi connectivity index (χ2n) is 6.72. The lowest BCUT2D eigenvalue weighted by molar-refractivity contribution is 0.298. The number of benzene rings is 2. The molecule has 0 fully saturated rings. The molecule has 1 heterocycles. The van der Waals surface area contributed by atoms with E-state index in [1.54, 1.807) is 24.3 Å². The smallest absolute Gasteiger partial charge is 0.262 e. The summed E-state index contributed by atoms with van der Waals surface area (Å²) in [7, 11) is 0.104. The van der Waals surface area contributed by atoms with Crippen molar-refractivity contribution in [1.29, 1.82) is 0 Å². The van der Waals surface area contributed by atoms with Gasteiger partial charge in [-0.15, -0.1) is 0 Å². The monoisotopic (exact) mass is 399 g/mol. The van der Waals surface area contributed by atoms with Crippen LogP contribution in [-0.4, -0.2) is 34.1 Å². The maximum absolute atomic E-state index is 13.0. The average molecular weight is 400 g/mol. The van der Waals surface area contributed by atoms with Crippen molar-refractivity contribution in [1.82, 2.24) is 4.98 Å². The first-order valence-electron chi connectivity index (χ1n) is 9.23. The molecule has 0 atom stereocenters. The summed E-state index contributed by atoms with van der Waals surface area (Å²) in [5, 5.41) is 1.56. The van der Waals surface area contributed by atoms with Gasteiger partial charge in [-0.2, -0.15) is 0 Å². The van der Waals surface area contributed by atoms with Gasteiger partial charge >= 0.3 is 0 Å². The predicted molar refractivity (Wildman–Crippen MR) is 114 cm³/mol. The number of ether oxygens (including phenoxy) is 1. The van der Waals surface area contributed by atoms with Gasteiger partial charge in [-0.25, -0.2) is 13.4 Å². The lowest BCUT2D eigenvalue weighted by Crippen LogP contribution is -2.14. The highest BCUT2D eigenvalue weighted by Gasteiger charge is 2.19. The van der Waals surface area contributed by atoms with Gasteiger partial charge in [-0.3, -0.25) is 4.72 Å². The number of nitrogens with zero attached hydrogens (tertiary/aromatic N) is 2. The van der Waals surface area contributed by atoms with E-state index in [0.717, 1.165) is 23.9 Å². The highest BCUT2D eigenvalue weighted by Crippen LogP contribution is 2.31. The molecule has 6 nitrogen and oxygen atoms in total. The van der Waals surface area contributed by atoms with Crippen LogP contribution in [0.2, 0.25) is 0 Å². The van der Waals surface area contributed by atoms with Gasteiger partial charge in [-0.1, -0.05) is 37.6 Å². The number of fused-ring (bicyclic) bond motifs is 1. The molecule has 0 saturated heterocycles. The molecular weight excluding hydrogens is 374 g/mol. The molecule has 3 rings (SSSR count). The lowest BCUT2D eigenvalue weighted by Gasteiger charge is -2.17. The van der Waals surface area contributed by atoms with E-state index < -0.39 is 10.0 Å². The van der Waals surface area contributed by atoms with Gasteiger partial charge in [0.1, 0.15) is 0 Å². The summed E-state index contributed by atoms with van der Waals surface area (Å²) in [5.41, 5.74) is 1.36. The van der Waals surface area contributed by atoms with Gasteiger partial charge < -0.3 is 9.64 Å². The second kappa shape index (κ2) is 8.48. The third kappa shape index (κ3) is 4.36. The SMILES string of the molecule is CCCCOc1ccc(NS(=O)(=O)c2cccc3c(N(C)C)cccc23)cn1. The molecule has 3 aromatic rings. The van der Waals surface area contributed by atoms with Crippen LogP contribution in [-0.2, 0) is 10.0 Å². The largest absolute Gasteiger partial charge is 0.478 e. The Morgan fingerprint density at radius 3 is 2.46 bits per heavy atom. The molecule has 0 spiro atoms. The minimum absolute atomic E-state index is 0.233. The first kappa shape index (κ1) is 19.9. The van der Waals surface area contributed by atoms with Gasteiger partial charge in [0.15, 0.2) is 0 Å². The zero-order chi connectivity index (χ0) is 20.1. The van der Waals surface area contributed by atoms with E-state index in [4.69, 9.17) is 4.74 Å². The molecule has 0 aliphatic heterocycles. The van der Waals surface area contributed by atoms with Crippen molar-refractivity contribution in [2.24, 2.45) is 0 Å². The normalized spacial score (nSPS) is 11.4. The van der Waals surface area contributed by atoms with Crippen LogP contribution >= 0.6 is 0 Å². The zero-order valence-corrected chi connectivity index (χ0v) is 17.2. The lowest BCUT2D eigenvalue weighted by atomic mass is 10.1. The maximum atomic E-state index is 13.0. The Labute approximate surface area is 166 Å². The van der Waals surface area contributed by atoms with E-state index in [0.29, 0.717) is 23.6 Å². The topological polar surface area (TPSA) is 71.5 Å². The summed E-state index contributed by atoms with van der Waals surface area (Å²) in [6.07, 6.45) is 3.46. The first-order chi connectivity index (χ1) is 13.4. The van der Waals surface area contributed by atoms with Crippen LogP contribution in [0.1, 0.15) is 19.8 Å². The fraction of sp³-hybridized carbons (Fsp3) is 0.286. The Morgan fingerprint density at radius 1 is 1.04 bits per heavy atom. The predicted octanol–water partition coefficient (Wildman–Crippen LogP) is 4.28. The molecule has 0 amide bonds. The Morgan fingerprint density at radius 2 is 1.79 bits per heavy atom. The number of hydrogen-bond acceptors (Lipinski definition) is 5. The van der Waals surface area contributed by atoms with E-state index in [1.165, 1.54) is 6.20 Å². The van der Waals surface area contributed by atoms with Crippen molar-refractivity contribution in [3.63, 3.8) is 0 Å². The van der Waals surface area contributed by atoms with Crippen LogP contribution in [0.3, 0.4) is 0 Å². The van der Waals surface area contributed by atoms with Gasteiger partial charge in [0.2, 0.25) is 5.88 Å². The number of nitrogens with one attached hydrogen (secondary N) is 1. The minimum atomic E-state index is -3.77. The van der Waals surface area contributed by atoms with Crippen molar-refractivity contribution in [3.05, 3.63) is 54.7 Å². The third-order valence-corrected chi connectivity index (χ3v) is 5.81. The number of aromatic nitrogens is 1. The van der Waals surface area contributed by atoms with Crippen LogP contribution in [0, 0.1) is 0 Å². The van der Waals surface area contributed by atoms with E-state index in [2.05, 4.69) is 16.6 Å². The van der Waals surface area contributed by atoms with Crippen molar-refractivity contribution < 1.29 is 13.2 Å². The van der Waals surface area contributed by atoms with E-state index >= 15 is 0 Å². The summed E-state index contributed by atoms with van der Waals surface area (Å²) in [5.74, 6) is 0.484. The average Bonchev–Trinajstić information content (AvgIpc) is 2.68. The zero-order valence-electron chi connectivity index (χ0n) is 16.3. The fourth-order valence-corrected chi connectivity index (χ4v) is 4.21. The number of rotatable bonds is 8. The first-order valence-corrected chi connectivity index (χ1v) is 10.7. The van der Waals surface area contributed by atoms with E-state index in [-0.39, 0.29) is 4.90 Å². The molecule has 0 aliphatic rings. The van der Waals surface area contributed by atoms with Crippen LogP contribution in [0.5, 0.6) is 5.88 Å². The Bertz CT molecular complexity index is 1050. The van der Waals surface area contributed by atoms with Gasteiger partial charge in [0, 0.05) is 36.6 Å². The number of sulfonamides is 1. The molecule has 148 valence electrons. The Balaban J connectivity index is 1.88. The maximum Gasteiger partial charge on any atom is 0.262 e. The fourth-order valence-electron chi connectivity index (χ4n) is 2.95. The van der Waals surface area contributed by atoms with Crippen LogP contribution < -0.4 is 14.4 Å². The summed E-state index contributed by atoms with van der Waals surface area (Å²) in [4.78, 5) is 6.37. The number of hydrogen-bond donors (Lipinski definition) is 1. The number of pyridine rings is 1. The standard InChI is InChI=1S/C21H25N3O3S/c1-4-5-14-27-21-13-12-16(15-22-21)23-28(25,26)20-11-7-8-17-18(20)9-6-10-19(17)24(2)3/h6-13,15,23H,4-5,14H2,1-3H3. The summed E-state index contributed by atoms with van der Waals surface area (Å²) < 4.78 is 34.1. The van der Waals surface area contributed by atoms with E-state index in [9.17, 15) is 8.42 Å². The minimum Gasteiger partial charge on any atom is -0.478 e. The highest BCUT2D eigenvalue weighted by atomic mass is 32.2. The molecule has 0 radical (unpaired) electrons. The summed E-state index contributed by atoms with van der Waals surface area (Å²) >= 11 is 0. The Kier molecular flexibility index (Phi) is 6.04. The molecule has 7 heteroatoms. The van der Waals surface area contributed by atoms with Crippen molar-refractivity contribution in [3.8, 4) is 5.88 Å². The van der Waals surface area contributed by atoms with Crippen molar-refractivity contribution >= 4 is 32.2 Å². The van der Waals surface area contributed by atoms with E-state index in [1.807, 2.05) is 43.3 Å². The van der Waals surface area contributed by atoms with Crippen LogP contribution in [0.15, 0.2) is 59.6 Å². The molecule has 0 saturated carbocycles. The number of anilines is 2. The molecule has 0 aliphatic carbocycles. The summed E-state index contributed by atoms with van der Waals surface area (Å²) in [6.45, 7) is 2.68. The number of unbranched alkanes of at least 4 members (excludes halogenated alkanes) is 1. The molecular formula is C21H25N3O3S. The molecule has 0 unspecified atom stereocenters. The molecule has 2 aromatic carbocycles. The van der Waals surface area contributed by atoms with Crippen LogP contribution in [0.4, 0.5) is 11.4 Å². The van der Waals surface area contributed by atoms with Crippen molar-refractivity contribution in [2.75, 3.05) is 30.3 Å². The molecule has 28 heavy (non-hydrogen) atoms. The second-order valence-corrected chi connectivity index (χ2v) is 8.37. The molecule has 1 aromatic heterocycles. The van der Waals surface area contributed by atoms with Gasteiger partial charge in [0.05, 0.1) is 23.4 Å². The quantitative estimate of drug-likeness (QED) is 0.573. The van der Waals surface area contributed by atoms with Gasteiger partial charge in [-0.05, 0) is 24.6 Å². The van der Waals surface area contributed by atoms with Crippen molar-refractivity contribution in [2.45, 2.75) is 24.7 Å². The molecule has 0 bridgehead atoms.